The molecule has 1 aromatic heterocycles. The molecule has 1 aliphatic rings. The Balaban J connectivity index is 1.81. The number of phenolic OH excluding ortho intramolecular Hbond substituents is 1. The summed E-state index contributed by atoms with van der Waals surface area (Å²) in [4.78, 5) is 15.2. The molecule has 5 nitrogen and oxygen atoms in total. The Hall–Kier alpha value is -3.00. The van der Waals surface area contributed by atoms with Crippen LogP contribution >= 0.6 is 0 Å². The molecule has 1 N–H and O–H groups in total. The van der Waals surface area contributed by atoms with E-state index in [-0.39, 0.29) is 34.6 Å². The maximum absolute atomic E-state index is 13.9. The van der Waals surface area contributed by atoms with Crippen LogP contribution in [0.1, 0.15) is 49.5 Å². The van der Waals surface area contributed by atoms with Crippen LogP contribution in [0.3, 0.4) is 0 Å². The molecule has 2 aromatic carbocycles. The van der Waals surface area contributed by atoms with Crippen molar-refractivity contribution in [1.82, 2.24) is 4.90 Å². The Kier molecular flexibility index (Phi) is 6.65. The van der Waals surface area contributed by atoms with E-state index >= 15 is 0 Å². The van der Waals surface area contributed by atoms with Gasteiger partial charge in [-0.15, -0.1) is 0 Å². The van der Waals surface area contributed by atoms with E-state index in [4.69, 9.17) is 9.15 Å². The SMILES string of the molecule is CCCc1ccc(Oc2c(C(F)(F)F)oc3c(CN4CCCCC4)c(O)ccc3c2=O)cc1. The molecule has 1 saturated heterocycles. The highest BCUT2D eigenvalue weighted by Gasteiger charge is 2.41. The van der Waals surface area contributed by atoms with E-state index in [0.717, 1.165) is 50.8 Å². The van der Waals surface area contributed by atoms with E-state index in [1.165, 1.54) is 24.3 Å². The number of rotatable bonds is 6. The lowest BCUT2D eigenvalue weighted by atomic mass is 10.1. The molecule has 1 aliphatic heterocycles. The number of aryl methyl sites for hydroxylation is 1. The molecule has 0 atom stereocenters. The summed E-state index contributed by atoms with van der Waals surface area (Å²) in [6, 6.07) is 9.16. The minimum Gasteiger partial charge on any atom is -0.507 e. The zero-order valence-corrected chi connectivity index (χ0v) is 18.4. The van der Waals surface area contributed by atoms with Crippen LogP contribution in [0.5, 0.6) is 17.2 Å². The van der Waals surface area contributed by atoms with Gasteiger partial charge < -0.3 is 14.3 Å². The van der Waals surface area contributed by atoms with Crippen LogP contribution < -0.4 is 10.2 Å². The lowest BCUT2D eigenvalue weighted by Crippen LogP contribution is -2.29. The minimum absolute atomic E-state index is 0.0644. The first-order valence-corrected chi connectivity index (χ1v) is 11.2. The van der Waals surface area contributed by atoms with Crippen LogP contribution in [-0.2, 0) is 19.1 Å². The van der Waals surface area contributed by atoms with Gasteiger partial charge >= 0.3 is 6.18 Å². The molecule has 0 saturated carbocycles. The lowest BCUT2D eigenvalue weighted by molar-refractivity contribution is -0.154. The Labute approximate surface area is 189 Å². The first kappa shape index (κ1) is 23.2. The molecule has 0 bridgehead atoms. The Morgan fingerprint density at radius 1 is 1.06 bits per heavy atom. The number of ether oxygens (including phenoxy) is 1. The molecule has 0 spiro atoms. The summed E-state index contributed by atoms with van der Waals surface area (Å²) in [5.41, 5.74) is 0.00128. The predicted molar refractivity (Wildman–Crippen MR) is 119 cm³/mol. The normalized spacial score (nSPS) is 15.2. The summed E-state index contributed by atoms with van der Waals surface area (Å²) in [5.74, 6) is -2.51. The van der Waals surface area contributed by atoms with Crippen molar-refractivity contribution in [3.8, 4) is 17.2 Å². The number of aromatic hydroxyl groups is 1. The van der Waals surface area contributed by atoms with Gasteiger partial charge in [0.05, 0.1) is 10.9 Å². The molecular formula is C25H26F3NO4. The maximum Gasteiger partial charge on any atom is 0.453 e. The number of benzene rings is 2. The third-order valence-electron chi connectivity index (χ3n) is 5.87. The number of halogens is 3. The molecule has 0 aliphatic carbocycles. The van der Waals surface area contributed by atoms with Gasteiger partial charge in [0, 0.05) is 6.54 Å². The number of alkyl halides is 3. The van der Waals surface area contributed by atoms with E-state index in [0.29, 0.717) is 0 Å². The first-order chi connectivity index (χ1) is 15.8. The van der Waals surface area contributed by atoms with Crippen molar-refractivity contribution >= 4 is 11.0 Å². The Morgan fingerprint density at radius 2 is 1.76 bits per heavy atom. The number of piperidine rings is 1. The molecule has 176 valence electrons. The average molecular weight is 461 g/mol. The van der Waals surface area contributed by atoms with Gasteiger partial charge in [-0.1, -0.05) is 31.9 Å². The van der Waals surface area contributed by atoms with Crippen LogP contribution in [0.2, 0.25) is 0 Å². The predicted octanol–water partition coefficient (Wildman–Crippen LogP) is 6.25. The summed E-state index contributed by atoms with van der Waals surface area (Å²) in [6.45, 7) is 3.75. The molecule has 0 unspecified atom stereocenters. The number of hydrogen-bond acceptors (Lipinski definition) is 5. The van der Waals surface area contributed by atoms with Gasteiger partial charge in [0.2, 0.25) is 11.2 Å². The van der Waals surface area contributed by atoms with E-state index in [2.05, 4.69) is 0 Å². The van der Waals surface area contributed by atoms with Crippen molar-refractivity contribution in [2.45, 2.75) is 51.7 Å². The van der Waals surface area contributed by atoms with Crippen molar-refractivity contribution < 1.29 is 27.4 Å². The van der Waals surface area contributed by atoms with Crippen LogP contribution in [0.25, 0.3) is 11.0 Å². The third-order valence-corrected chi connectivity index (χ3v) is 5.87. The summed E-state index contributed by atoms with van der Waals surface area (Å²) in [5, 5.41) is 10.3. The van der Waals surface area contributed by atoms with E-state index in [1.54, 1.807) is 12.1 Å². The van der Waals surface area contributed by atoms with E-state index < -0.39 is 23.1 Å². The smallest absolute Gasteiger partial charge is 0.453 e. The molecule has 1 fully saturated rings. The van der Waals surface area contributed by atoms with Crippen molar-refractivity contribution in [3.63, 3.8) is 0 Å². The monoisotopic (exact) mass is 461 g/mol. The van der Waals surface area contributed by atoms with Crippen molar-refractivity contribution in [3.05, 3.63) is 63.5 Å². The van der Waals surface area contributed by atoms with Gasteiger partial charge in [-0.2, -0.15) is 13.2 Å². The van der Waals surface area contributed by atoms with Crippen molar-refractivity contribution in [2.75, 3.05) is 13.1 Å². The molecule has 33 heavy (non-hydrogen) atoms. The number of phenols is 1. The molecule has 4 rings (SSSR count). The second-order valence-corrected chi connectivity index (χ2v) is 8.36. The van der Waals surface area contributed by atoms with Crippen LogP contribution in [0, 0.1) is 0 Å². The summed E-state index contributed by atoms with van der Waals surface area (Å²) < 4.78 is 52.5. The van der Waals surface area contributed by atoms with Crippen LogP contribution in [0.15, 0.2) is 45.6 Å². The standard InChI is InChI=1S/C25H26F3NO4/c1-2-6-16-7-9-17(10-8-16)32-23-21(31)18-11-12-20(30)19(15-29-13-4-3-5-14-29)22(18)33-24(23)25(26,27)28/h7-12,30H,2-6,13-15H2,1H3. The van der Waals surface area contributed by atoms with Crippen molar-refractivity contribution in [2.24, 2.45) is 0 Å². The molecule has 0 radical (unpaired) electrons. The molecule has 8 heteroatoms. The highest BCUT2D eigenvalue weighted by Crippen LogP contribution is 2.40. The fraction of sp³-hybridized carbons (Fsp3) is 0.400. The number of nitrogens with zero attached hydrogens (tertiary/aromatic N) is 1. The highest BCUT2D eigenvalue weighted by atomic mass is 19.4. The molecular weight excluding hydrogens is 435 g/mol. The van der Waals surface area contributed by atoms with Gasteiger partial charge in [0.25, 0.3) is 5.76 Å². The van der Waals surface area contributed by atoms with E-state index in [9.17, 15) is 23.1 Å². The van der Waals surface area contributed by atoms with Gasteiger partial charge in [0.1, 0.15) is 17.1 Å². The van der Waals surface area contributed by atoms with Gasteiger partial charge in [0.15, 0.2) is 0 Å². The zero-order chi connectivity index (χ0) is 23.6. The van der Waals surface area contributed by atoms with Gasteiger partial charge in [-0.25, -0.2) is 0 Å². The number of likely N-dealkylation sites (tertiary alicyclic amines) is 1. The number of fused-ring (bicyclic) bond motifs is 1. The second kappa shape index (κ2) is 9.47. The zero-order valence-electron chi connectivity index (χ0n) is 18.4. The largest absolute Gasteiger partial charge is 0.507 e. The lowest BCUT2D eigenvalue weighted by Gasteiger charge is -2.27. The Bertz CT molecular complexity index is 1180. The maximum atomic E-state index is 13.9. The van der Waals surface area contributed by atoms with Crippen molar-refractivity contribution in [1.29, 1.82) is 0 Å². The average Bonchev–Trinajstić information content (AvgIpc) is 2.79. The number of hydrogen-bond donors (Lipinski definition) is 1. The molecule has 0 amide bonds. The summed E-state index contributed by atoms with van der Waals surface area (Å²) in [6.07, 6.45) is -0.171. The van der Waals surface area contributed by atoms with E-state index in [1.807, 2.05) is 11.8 Å². The van der Waals surface area contributed by atoms with Crippen LogP contribution in [-0.4, -0.2) is 23.1 Å². The molecule has 2 heterocycles. The van der Waals surface area contributed by atoms with Gasteiger partial charge in [-0.05, 0) is 62.2 Å². The minimum atomic E-state index is -4.96. The van der Waals surface area contributed by atoms with Gasteiger partial charge in [-0.3, -0.25) is 9.69 Å². The van der Waals surface area contributed by atoms with Crippen LogP contribution in [0.4, 0.5) is 13.2 Å². The second-order valence-electron chi connectivity index (χ2n) is 8.36. The summed E-state index contributed by atoms with van der Waals surface area (Å²) >= 11 is 0. The third kappa shape index (κ3) is 5.00. The summed E-state index contributed by atoms with van der Waals surface area (Å²) in [7, 11) is 0. The fourth-order valence-corrected chi connectivity index (χ4v) is 4.19. The Morgan fingerprint density at radius 3 is 2.39 bits per heavy atom. The topological polar surface area (TPSA) is 62.9 Å². The molecule has 3 aromatic rings. The first-order valence-electron chi connectivity index (χ1n) is 11.2. The quantitative estimate of drug-likeness (QED) is 0.470. The fourth-order valence-electron chi connectivity index (χ4n) is 4.19. The highest BCUT2D eigenvalue weighted by molar-refractivity contribution is 5.83.